The molecular formula is C18H19FN4O3S2. The van der Waals surface area contributed by atoms with Crippen LogP contribution >= 0.6 is 11.5 Å². The number of ether oxygens (including phenoxy) is 1. The van der Waals surface area contributed by atoms with Crippen molar-refractivity contribution in [1.82, 2.24) is 14.1 Å². The minimum absolute atomic E-state index is 0.172. The summed E-state index contributed by atoms with van der Waals surface area (Å²) in [7, 11) is -2.07. The van der Waals surface area contributed by atoms with Gasteiger partial charge in [0, 0.05) is 31.0 Å². The van der Waals surface area contributed by atoms with Crippen LogP contribution in [0.5, 0.6) is 5.75 Å². The van der Waals surface area contributed by atoms with E-state index in [1.807, 2.05) is 0 Å². The molecule has 0 aliphatic rings. The fourth-order valence-corrected chi connectivity index (χ4v) is 4.02. The first-order chi connectivity index (χ1) is 13.5. The highest BCUT2D eigenvalue weighted by Gasteiger charge is 2.13. The lowest BCUT2D eigenvalue weighted by Gasteiger charge is -2.07. The summed E-state index contributed by atoms with van der Waals surface area (Å²) in [4.78, 5) is 4.52. The molecule has 3 rings (SSSR count). The van der Waals surface area contributed by atoms with Crippen molar-refractivity contribution in [2.24, 2.45) is 0 Å². The van der Waals surface area contributed by atoms with E-state index < -0.39 is 10.0 Å². The smallest absolute Gasteiger partial charge is 0.240 e. The van der Waals surface area contributed by atoms with Crippen molar-refractivity contribution in [3.05, 3.63) is 65.7 Å². The number of methoxy groups -OCH3 is 1. The molecule has 0 spiro atoms. The first-order valence-corrected chi connectivity index (χ1v) is 10.7. The van der Waals surface area contributed by atoms with E-state index >= 15 is 0 Å². The summed E-state index contributed by atoms with van der Waals surface area (Å²) in [5.41, 5.74) is 0.915. The van der Waals surface area contributed by atoms with Gasteiger partial charge in [-0.3, -0.25) is 0 Å². The maximum absolute atomic E-state index is 12.9. The maximum atomic E-state index is 12.9. The average molecular weight is 423 g/mol. The molecule has 0 saturated heterocycles. The van der Waals surface area contributed by atoms with E-state index in [0.29, 0.717) is 29.7 Å². The highest BCUT2D eigenvalue weighted by Crippen LogP contribution is 2.16. The van der Waals surface area contributed by atoms with Gasteiger partial charge in [-0.05, 0) is 42.0 Å². The standard InChI is InChI=1S/C18H19FN4O3S2/c1-26-15-6-8-16(9-7-15)28(24,25)21-11-10-20-18-22-17(23-27-18)12-13-2-4-14(19)5-3-13/h2-9,21H,10-12H2,1H3,(H,20,22,23). The van der Waals surface area contributed by atoms with Crippen LogP contribution in [0, 0.1) is 5.82 Å². The normalized spacial score (nSPS) is 11.4. The van der Waals surface area contributed by atoms with Crippen molar-refractivity contribution in [2.75, 3.05) is 25.5 Å². The van der Waals surface area contributed by atoms with Crippen LogP contribution in [0.15, 0.2) is 53.4 Å². The van der Waals surface area contributed by atoms with Gasteiger partial charge in [-0.1, -0.05) is 12.1 Å². The SMILES string of the molecule is COc1ccc(S(=O)(=O)NCCNc2nc(Cc3ccc(F)cc3)ns2)cc1. The van der Waals surface area contributed by atoms with Crippen molar-refractivity contribution in [3.8, 4) is 5.75 Å². The molecule has 2 aromatic carbocycles. The third kappa shape index (κ3) is 5.47. The topological polar surface area (TPSA) is 93.2 Å². The van der Waals surface area contributed by atoms with Crippen LogP contribution in [-0.2, 0) is 16.4 Å². The molecule has 148 valence electrons. The molecular weight excluding hydrogens is 403 g/mol. The second-order valence-electron chi connectivity index (χ2n) is 5.82. The van der Waals surface area contributed by atoms with Gasteiger partial charge in [-0.25, -0.2) is 22.5 Å². The van der Waals surface area contributed by atoms with E-state index in [1.54, 1.807) is 24.3 Å². The van der Waals surface area contributed by atoms with Gasteiger partial charge in [0.15, 0.2) is 0 Å². The summed E-state index contributed by atoms with van der Waals surface area (Å²) in [5.74, 6) is 0.931. The molecule has 0 atom stereocenters. The van der Waals surface area contributed by atoms with Crippen molar-refractivity contribution < 1.29 is 17.5 Å². The van der Waals surface area contributed by atoms with Crippen molar-refractivity contribution in [2.45, 2.75) is 11.3 Å². The number of hydrogen-bond donors (Lipinski definition) is 2. The van der Waals surface area contributed by atoms with Gasteiger partial charge in [0.05, 0.1) is 12.0 Å². The summed E-state index contributed by atoms with van der Waals surface area (Å²) in [5, 5.41) is 3.64. The van der Waals surface area contributed by atoms with Crippen molar-refractivity contribution >= 4 is 26.7 Å². The molecule has 0 bridgehead atoms. The van der Waals surface area contributed by atoms with E-state index in [9.17, 15) is 12.8 Å². The molecule has 1 aromatic heterocycles. The monoisotopic (exact) mass is 422 g/mol. The first-order valence-electron chi connectivity index (χ1n) is 8.41. The summed E-state index contributed by atoms with van der Waals surface area (Å²) in [6, 6.07) is 12.3. The van der Waals surface area contributed by atoms with Gasteiger partial charge < -0.3 is 10.1 Å². The van der Waals surface area contributed by atoms with Crippen LogP contribution in [0.3, 0.4) is 0 Å². The van der Waals surface area contributed by atoms with E-state index in [1.165, 1.54) is 42.9 Å². The number of benzene rings is 2. The quantitative estimate of drug-likeness (QED) is 0.515. The average Bonchev–Trinajstić information content (AvgIpc) is 3.14. The van der Waals surface area contributed by atoms with Crippen LogP contribution in [0.2, 0.25) is 0 Å². The number of rotatable bonds is 9. The van der Waals surface area contributed by atoms with Crippen LogP contribution in [0.4, 0.5) is 9.52 Å². The molecule has 1 heterocycles. The molecule has 0 aliphatic carbocycles. The zero-order chi connectivity index (χ0) is 20.0. The van der Waals surface area contributed by atoms with Gasteiger partial charge >= 0.3 is 0 Å². The Morgan fingerprint density at radius 3 is 2.46 bits per heavy atom. The van der Waals surface area contributed by atoms with Gasteiger partial charge in [0.2, 0.25) is 15.2 Å². The number of sulfonamides is 1. The third-order valence-corrected chi connectivity index (χ3v) is 5.99. The van der Waals surface area contributed by atoms with E-state index in [-0.39, 0.29) is 17.3 Å². The van der Waals surface area contributed by atoms with Crippen molar-refractivity contribution in [3.63, 3.8) is 0 Å². The van der Waals surface area contributed by atoms with Crippen LogP contribution in [0.25, 0.3) is 0 Å². The fourth-order valence-electron chi connectivity index (χ4n) is 2.38. The minimum atomic E-state index is -3.59. The first kappa shape index (κ1) is 20.2. The predicted molar refractivity (Wildman–Crippen MR) is 106 cm³/mol. The highest BCUT2D eigenvalue weighted by molar-refractivity contribution is 7.89. The van der Waals surface area contributed by atoms with E-state index in [2.05, 4.69) is 19.4 Å². The second kappa shape index (κ2) is 9.09. The molecule has 0 unspecified atom stereocenters. The lowest BCUT2D eigenvalue weighted by atomic mass is 10.1. The fraction of sp³-hybridized carbons (Fsp3) is 0.222. The molecule has 0 fully saturated rings. The largest absolute Gasteiger partial charge is 0.497 e. The van der Waals surface area contributed by atoms with Gasteiger partial charge in [0.1, 0.15) is 17.4 Å². The molecule has 2 N–H and O–H groups in total. The molecule has 28 heavy (non-hydrogen) atoms. The molecule has 0 aliphatic heterocycles. The van der Waals surface area contributed by atoms with E-state index in [4.69, 9.17) is 4.74 Å². The van der Waals surface area contributed by atoms with Gasteiger partial charge in [0.25, 0.3) is 0 Å². The number of anilines is 1. The molecule has 0 saturated carbocycles. The number of aromatic nitrogens is 2. The lowest BCUT2D eigenvalue weighted by Crippen LogP contribution is -2.28. The van der Waals surface area contributed by atoms with E-state index in [0.717, 1.165) is 5.56 Å². The van der Waals surface area contributed by atoms with Gasteiger partial charge in [-0.2, -0.15) is 4.37 Å². The summed E-state index contributed by atoms with van der Waals surface area (Å²) in [6.07, 6.45) is 0.503. The lowest BCUT2D eigenvalue weighted by molar-refractivity contribution is 0.414. The second-order valence-corrected chi connectivity index (χ2v) is 8.34. The highest BCUT2D eigenvalue weighted by atomic mass is 32.2. The number of halogens is 1. The molecule has 10 heteroatoms. The molecule has 0 amide bonds. The summed E-state index contributed by atoms with van der Waals surface area (Å²) < 4.78 is 49.2. The molecule has 3 aromatic rings. The minimum Gasteiger partial charge on any atom is -0.497 e. The van der Waals surface area contributed by atoms with Crippen LogP contribution < -0.4 is 14.8 Å². The number of hydrogen-bond acceptors (Lipinski definition) is 7. The Morgan fingerprint density at radius 2 is 1.79 bits per heavy atom. The molecule has 0 radical (unpaired) electrons. The predicted octanol–water partition coefficient (Wildman–Crippen LogP) is 2.67. The summed E-state index contributed by atoms with van der Waals surface area (Å²) >= 11 is 1.19. The third-order valence-electron chi connectivity index (χ3n) is 3.81. The Labute approximate surface area is 166 Å². The molecule has 7 nitrogen and oxygen atoms in total. The maximum Gasteiger partial charge on any atom is 0.240 e. The van der Waals surface area contributed by atoms with Gasteiger partial charge in [-0.15, -0.1) is 0 Å². The Kier molecular flexibility index (Phi) is 6.55. The van der Waals surface area contributed by atoms with Crippen molar-refractivity contribution in [1.29, 1.82) is 0 Å². The zero-order valence-corrected chi connectivity index (χ0v) is 16.7. The Hall–Kier alpha value is -2.56. The van der Waals surface area contributed by atoms with Crippen LogP contribution in [-0.4, -0.2) is 38.0 Å². The Bertz CT molecular complexity index is 1010. The van der Waals surface area contributed by atoms with Crippen LogP contribution in [0.1, 0.15) is 11.4 Å². The summed E-state index contributed by atoms with van der Waals surface area (Å²) in [6.45, 7) is 0.557. The number of nitrogens with one attached hydrogen (secondary N) is 2. The zero-order valence-electron chi connectivity index (χ0n) is 15.1. The Balaban J connectivity index is 1.47. The number of nitrogens with zero attached hydrogens (tertiary/aromatic N) is 2. The Morgan fingerprint density at radius 1 is 1.07 bits per heavy atom.